The smallest absolute Gasteiger partial charge is 0.239 e. The van der Waals surface area contributed by atoms with Crippen LogP contribution in [0, 0.1) is 18.3 Å². The van der Waals surface area contributed by atoms with Crippen LogP contribution in [0.25, 0.3) is 0 Å². The maximum absolute atomic E-state index is 12.3. The minimum atomic E-state index is -1.10. The molecule has 0 aromatic heterocycles. The summed E-state index contributed by atoms with van der Waals surface area (Å²) >= 11 is 0. The molecule has 0 saturated carbocycles. The highest BCUT2D eigenvalue weighted by atomic mass is 16.2. The number of rotatable bonds is 5. The molecule has 20 heavy (non-hydrogen) atoms. The van der Waals surface area contributed by atoms with E-state index in [9.17, 15) is 9.59 Å². The van der Waals surface area contributed by atoms with Gasteiger partial charge in [0.25, 0.3) is 0 Å². The monoisotopic (exact) mass is 276 g/mol. The largest absolute Gasteiger partial charge is 0.355 e. The van der Waals surface area contributed by atoms with Gasteiger partial charge in [-0.2, -0.15) is 0 Å². The van der Waals surface area contributed by atoms with Crippen molar-refractivity contribution < 1.29 is 9.59 Å². The van der Waals surface area contributed by atoms with E-state index in [-0.39, 0.29) is 11.8 Å². The summed E-state index contributed by atoms with van der Waals surface area (Å²) in [5.41, 5.74) is 0.670. The summed E-state index contributed by atoms with van der Waals surface area (Å²) in [6, 6.07) is 7.51. The number of carbonyl (C=O) groups is 2. The van der Waals surface area contributed by atoms with Gasteiger partial charge in [0.15, 0.2) is 0 Å². The van der Waals surface area contributed by atoms with Crippen molar-refractivity contribution in [1.29, 1.82) is 0 Å². The van der Waals surface area contributed by atoms with Gasteiger partial charge in [-0.1, -0.05) is 26.0 Å². The molecule has 4 heteroatoms. The Bertz CT molecular complexity index is 493. The van der Waals surface area contributed by atoms with Crippen LogP contribution in [0.1, 0.15) is 33.3 Å². The predicted molar refractivity (Wildman–Crippen MR) is 81.4 cm³/mol. The third kappa shape index (κ3) is 4.37. The SMILES string of the molecule is Cc1cccc(NC(=O)C(C)(C)C(=O)NCC(C)C)c1. The van der Waals surface area contributed by atoms with Crippen LogP contribution in [0.2, 0.25) is 0 Å². The first-order valence-corrected chi connectivity index (χ1v) is 6.90. The van der Waals surface area contributed by atoms with Crippen molar-refractivity contribution >= 4 is 17.5 Å². The standard InChI is InChI=1S/C16H24N2O2/c1-11(2)10-17-14(19)16(4,5)15(20)18-13-8-6-7-12(3)9-13/h6-9,11H,10H2,1-5H3,(H,17,19)(H,18,20). The Morgan fingerprint density at radius 2 is 1.85 bits per heavy atom. The molecular weight excluding hydrogens is 252 g/mol. The molecule has 0 atom stereocenters. The van der Waals surface area contributed by atoms with Gasteiger partial charge in [0, 0.05) is 12.2 Å². The Labute approximate surface area is 121 Å². The maximum atomic E-state index is 12.3. The average Bonchev–Trinajstić information content (AvgIpc) is 2.35. The number of amides is 2. The first-order valence-electron chi connectivity index (χ1n) is 6.90. The normalized spacial score (nSPS) is 11.3. The Balaban J connectivity index is 2.71. The molecule has 0 bridgehead atoms. The van der Waals surface area contributed by atoms with E-state index in [0.29, 0.717) is 18.2 Å². The Morgan fingerprint density at radius 3 is 2.40 bits per heavy atom. The zero-order chi connectivity index (χ0) is 15.3. The zero-order valence-electron chi connectivity index (χ0n) is 12.9. The lowest BCUT2D eigenvalue weighted by Crippen LogP contribution is -2.46. The molecule has 0 aliphatic rings. The highest BCUT2D eigenvalue weighted by molar-refractivity contribution is 6.09. The van der Waals surface area contributed by atoms with Crippen LogP contribution in [0.5, 0.6) is 0 Å². The highest BCUT2D eigenvalue weighted by Crippen LogP contribution is 2.19. The van der Waals surface area contributed by atoms with E-state index in [1.807, 2.05) is 45.0 Å². The molecule has 110 valence electrons. The van der Waals surface area contributed by atoms with Crippen LogP contribution in [0.15, 0.2) is 24.3 Å². The summed E-state index contributed by atoms with van der Waals surface area (Å²) in [6.07, 6.45) is 0. The van der Waals surface area contributed by atoms with E-state index in [2.05, 4.69) is 10.6 Å². The van der Waals surface area contributed by atoms with Crippen LogP contribution in [-0.2, 0) is 9.59 Å². The van der Waals surface area contributed by atoms with Crippen LogP contribution >= 0.6 is 0 Å². The number of hydrogen-bond acceptors (Lipinski definition) is 2. The summed E-state index contributed by atoms with van der Waals surface area (Å²) in [5, 5.41) is 5.59. The molecule has 0 heterocycles. The molecule has 2 N–H and O–H groups in total. The van der Waals surface area contributed by atoms with E-state index >= 15 is 0 Å². The lowest BCUT2D eigenvalue weighted by atomic mass is 9.90. The first kappa shape index (κ1) is 16.2. The second-order valence-electron chi connectivity index (χ2n) is 6.05. The molecule has 0 fully saturated rings. The van der Waals surface area contributed by atoms with Gasteiger partial charge in [-0.05, 0) is 44.4 Å². The van der Waals surface area contributed by atoms with Crippen LogP contribution in [-0.4, -0.2) is 18.4 Å². The van der Waals surface area contributed by atoms with Gasteiger partial charge in [-0.15, -0.1) is 0 Å². The van der Waals surface area contributed by atoms with E-state index in [4.69, 9.17) is 0 Å². The molecule has 0 saturated heterocycles. The van der Waals surface area contributed by atoms with Crippen molar-refractivity contribution in [2.45, 2.75) is 34.6 Å². The molecule has 4 nitrogen and oxygen atoms in total. The topological polar surface area (TPSA) is 58.2 Å². The third-order valence-corrected chi connectivity index (χ3v) is 3.08. The third-order valence-electron chi connectivity index (χ3n) is 3.08. The van der Waals surface area contributed by atoms with Gasteiger partial charge in [0.05, 0.1) is 0 Å². The van der Waals surface area contributed by atoms with Crippen molar-refractivity contribution in [2.75, 3.05) is 11.9 Å². The number of benzene rings is 1. The molecule has 0 radical (unpaired) electrons. The fourth-order valence-electron chi connectivity index (χ4n) is 1.63. The van der Waals surface area contributed by atoms with Crippen LogP contribution < -0.4 is 10.6 Å². The highest BCUT2D eigenvalue weighted by Gasteiger charge is 2.35. The molecule has 1 aromatic carbocycles. The number of anilines is 1. The molecule has 0 spiro atoms. The fourth-order valence-corrected chi connectivity index (χ4v) is 1.63. The maximum Gasteiger partial charge on any atom is 0.239 e. The van der Waals surface area contributed by atoms with E-state index in [1.54, 1.807) is 13.8 Å². The number of aryl methyl sites for hydroxylation is 1. The summed E-state index contributed by atoms with van der Waals surface area (Å²) in [6.45, 7) is 9.82. The lowest BCUT2D eigenvalue weighted by molar-refractivity contribution is -0.138. The Kier molecular flexibility index (Phi) is 5.31. The van der Waals surface area contributed by atoms with E-state index in [1.165, 1.54) is 0 Å². The van der Waals surface area contributed by atoms with Crippen molar-refractivity contribution in [3.05, 3.63) is 29.8 Å². The van der Waals surface area contributed by atoms with Gasteiger partial charge in [0.1, 0.15) is 5.41 Å². The molecule has 0 aliphatic heterocycles. The fraction of sp³-hybridized carbons (Fsp3) is 0.500. The van der Waals surface area contributed by atoms with E-state index < -0.39 is 5.41 Å². The summed E-state index contributed by atoms with van der Waals surface area (Å²) < 4.78 is 0. The van der Waals surface area contributed by atoms with Crippen LogP contribution in [0.3, 0.4) is 0 Å². The Hall–Kier alpha value is -1.84. The van der Waals surface area contributed by atoms with Crippen molar-refractivity contribution in [2.24, 2.45) is 11.3 Å². The predicted octanol–water partition coefficient (Wildman–Crippen LogP) is 2.73. The molecule has 1 aromatic rings. The van der Waals surface area contributed by atoms with Crippen molar-refractivity contribution in [1.82, 2.24) is 5.32 Å². The second-order valence-corrected chi connectivity index (χ2v) is 6.05. The quantitative estimate of drug-likeness (QED) is 0.812. The minimum Gasteiger partial charge on any atom is -0.355 e. The lowest BCUT2D eigenvalue weighted by Gasteiger charge is -2.23. The van der Waals surface area contributed by atoms with Gasteiger partial charge >= 0.3 is 0 Å². The average molecular weight is 276 g/mol. The van der Waals surface area contributed by atoms with Crippen LogP contribution in [0.4, 0.5) is 5.69 Å². The second kappa shape index (κ2) is 6.55. The summed E-state index contributed by atoms with van der Waals surface area (Å²) in [7, 11) is 0. The van der Waals surface area contributed by atoms with E-state index in [0.717, 1.165) is 5.56 Å². The minimum absolute atomic E-state index is 0.253. The number of hydrogen-bond donors (Lipinski definition) is 2. The zero-order valence-corrected chi connectivity index (χ0v) is 12.9. The summed E-state index contributed by atoms with van der Waals surface area (Å²) in [5.74, 6) is -0.199. The van der Waals surface area contributed by atoms with Gasteiger partial charge in [-0.3, -0.25) is 9.59 Å². The summed E-state index contributed by atoms with van der Waals surface area (Å²) in [4.78, 5) is 24.4. The number of carbonyl (C=O) groups excluding carboxylic acids is 2. The first-order chi connectivity index (χ1) is 9.23. The van der Waals surface area contributed by atoms with Gasteiger partial charge in [-0.25, -0.2) is 0 Å². The molecule has 0 unspecified atom stereocenters. The molecule has 1 rings (SSSR count). The molecule has 2 amide bonds. The van der Waals surface area contributed by atoms with Gasteiger partial charge in [0.2, 0.25) is 11.8 Å². The van der Waals surface area contributed by atoms with Crippen molar-refractivity contribution in [3.63, 3.8) is 0 Å². The molecule has 0 aliphatic carbocycles. The molecular formula is C16H24N2O2. The Morgan fingerprint density at radius 1 is 1.20 bits per heavy atom. The van der Waals surface area contributed by atoms with Gasteiger partial charge < -0.3 is 10.6 Å². The van der Waals surface area contributed by atoms with Crippen molar-refractivity contribution in [3.8, 4) is 0 Å². The number of nitrogens with one attached hydrogen (secondary N) is 2.